The van der Waals surface area contributed by atoms with Crippen molar-refractivity contribution < 1.29 is 4.79 Å². The van der Waals surface area contributed by atoms with Crippen molar-refractivity contribution in [3.63, 3.8) is 0 Å². The number of carbonyl (C=O) groups is 1. The molecule has 2 heterocycles. The van der Waals surface area contributed by atoms with Crippen LogP contribution in [0.25, 0.3) is 5.65 Å². The van der Waals surface area contributed by atoms with Gasteiger partial charge in [-0.3, -0.25) is 9.20 Å². The van der Waals surface area contributed by atoms with Gasteiger partial charge >= 0.3 is 0 Å². The van der Waals surface area contributed by atoms with Gasteiger partial charge in [0.1, 0.15) is 11.6 Å². The van der Waals surface area contributed by atoms with E-state index in [9.17, 15) is 4.79 Å². The molecule has 30 heavy (non-hydrogen) atoms. The number of fused-ring (bicyclic) bond motifs is 1. The van der Waals surface area contributed by atoms with E-state index in [2.05, 4.69) is 51.9 Å². The summed E-state index contributed by atoms with van der Waals surface area (Å²) >= 11 is 0. The first-order valence-corrected chi connectivity index (χ1v) is 10.7. The van der Waals surface area contributed by atoms with Crippen LogP contribution in [-0.4, -0.2) is 20.4 Å². The van der Waals surface area contributed by atoms with E-state index in [1.54, 1.807) is 0 Å². The number of hydrogen-bond donors (Lipinski definition) is 0. The molecule has 0 atom stereocenters. The summed E-state index contributed by atoms with van der Waals surface area (Å²) in [6, 6.07) is 14.8. The van der Waals surface area contributed by atoms with Gasteiger partial charge in [0, 0.05) is 24.6 Å². The fourth-order valence-electron chi connectivity index (χ4n) is 4.57. The predicted octanol–water partition coefficient (Wildman–Crippen LogP) is 5.05. The molecule has 154 valence electrons. The molecule has 0 amide bonds. The van der Waals surface area contributed by atoms with Gasteiger partial charge < -0.3 is 0 Å². The number of pyridine rings is 1. The van der Waals surface area contributed by atoms with Gasteiger partial charge in [0.05, 0.1) is 16.9 Å². The van der Waals surface area contributed by atoms with Crippen LogP contribution in [0.5, 0.6) is 0 Å². The summed E-state index contributed by atoms with van der Waals surface area (Å²) in [5, 5.41) is 18.0. The van der Waals surface area contributed by atoms with E-state index < -0.39 is 5.41 Å². The van der Waals surface area contributed by atoms with E-state index in [0.29, 0.717) is 19.3 Å². The third-order valence-corrected chi connectivity index (χ3v) is 6.74. The number of nitrogens with zero attached hydrogens (tertiary/aromatic N) is 4. The first kappa shape index (κ1) is 20.3. The van der Waals surface area contributed by atoms with Gasteiger partial charge in [-0.25, -0.2) is 0 Å². The molecule has 0 unspecified atom stereocenters. The molecule has 1 aliphatic rings. The molecule has 1 saturated carbocycles. The molecule has 0 N–H and O–H groups in total. The number of rotatable bonds is 7. The Bertz CT molecular complexity index is 1110. The average Bonchev–Trinajstić information content (AvgIpc) is 3.13. The number of hydrogen-bond acceptors (Lipinski definition) is 4. The number of aromatic nitrogens is 3. The monoisotopic (exact) mass is 400 g/mol. The summed E-state index contributed by atoms with van der Waals surface area (Å²) in [6.07, 6.45) is 6.69. The molecular formula is C25H28N4O. The summed E-state index contributed by atoms with van der Waals surface area (Å²) in [7, 11) is 0. The third-order valence-electron chi connectivity index (χ3n) is 6.74. The van der Waals surface area contributed by atoms with E-state index in [-0.39, 0.29) is 11.2 Å². The van der Waals surface area contributed by atoms with Crippen LogP contribution in [0.1, 0.15) is 74.9 Å². The molecule has 1 aromatic carbocycles. The number of unbranched alkanes of at least 4 members (excludes halogenated alkanes) is 1. The molecule has 0 aliphatic heterocycles. The fraction of sp³-hybridized carbons (Fsp3) is 0.440. The van der Waals surface area contributed by atoms with Crippen molar-refractivity contribution in [2.24, 2.45) is 0 Å². The number of Topliss-reactive ketones (excluding diaryl/α,β-unsaturated/α-hetero) is 1. The predicted molar refractivity (Wildman–Crippen MR) is 116 cm³/mol. The van der Waals surface area contributed by atoms with Crippen LogP contribution < -0.4 is 0 Å². The third kappa shape index (κ3) is 3.21. The Morgan fingerprint density at radius 3 is 2.57 bits per heavy atom. The normalized spacial score (nSPS) is 15.5. The second-order valence-corrected chi connectivity index (χ2v) is 9.00. The lowest BCUT2D eigenvalue weighted by atomic mass is 9.63. The lowest BCUT2D eigenvalue weighted by Crippen LogP contribution is -2.37. The zero-order valence-corrected chi connectivity index (χ0v) is 18.0. The summed E-state index contributed by atoms with van der Waals surface area (Å²) in [5.41, 5.74) is 3.38. The molecule has 0 spiro atoms. The highest BCUT2D eigenvalue weighted by molar-refractivity contribution is 5.91. The van der Waals surface area contributed by atoms with Gasteiger partial charge in [-0.2, -0.15) is 5.26 Å². The van der Waals surface area contributed by atoms with E-state index >= 15 is 0 Å². The van der Waals surface area contributed by atoms with Crippen LogP contribution in [-0.2, 0) is 15.6 Å². The van der Waals surface area contributed by atoms with Crippen LogP contribution >= 0.6 is 0 Å². The molecular weight excluding hydrogens is 372 g/mol. The van der Waals surface area contributed by atoms with Crippen molar-refractivity contribution in [3.05, 3.63) is 65.1 Å². The molecule has 5 heteroatoms. The standard InChI is InChI=1S/C25H28N4O/c1-18-10-12-19(13-11-18)25(14-7-15-25)23-28-27-22-20(8-6-17-29(22)23)24(2,3)21(30)9-4-5-16-26/h6,8,10-13,17H,4-5,7,9,14-15H2,1-3H3. The van der Waals surface area contributed by atoms with Crippen molar-refractivity contribution in [1.29, 1.82) is 5.26 Å². The Morgan fingerprint density at radius 1 is 1.20 bits per heavy atom. The Labute approximate surface area is 177 Å². The van der Waals surface area contributed by atoms with Crippen molar-refractivity contribution in [2.45, 2.75) is 70.1 Å². The van der Waals surface area contributed by atoms with Gasteiger partial charge in [0.2, 0.25) is 0 Å². The van der Waals surface area contributed by atoms with Crippen LogP contribution in [0.15, 0.2) is 42.6 Å². The average molecular weight is 401 g/mol. The quantitative estimate of drug-likeness (QED) is 0.520. The molecule has 1 fully saturated rings. The molecule has 0 radical (unpaired) electrons. The Kier molecular flexibility index (Phi) is 5.19. The molecule has 1 aliphatic carbocycles. The number of benzene rings is 1. The Morgan fingerprint density at radius 2 is 1.93 bits per heavy atom. The second kappa shape index (κ2) is 7.68. The summed E-state index contributed by atoms with van der Waals surface area (Å²) in [5.74, 6) is 1.09. The minimum Gasteiger partial charge on any atom is -0.299 e. The van der Waals surface area contributed by atoms with Crippen LogP contribution in [0.3, 0.4) is 0 Å². The van der Waals surface area contributed by atoms with Crippen molar-refractivity contribution >= 4 is 11.4 Å². The first-order chi connectivity index (χ1) is 14.4. The second-order valence-electron chi connectivity index (χ2n) is 9.00. The van der Waals surface area contributed by atoms with Crippen molar-refractivity contribution in [3.8, 4) is 6.07 Å². The summed E-state index contributed by atoms with van der Waals surface area (Å²) in [4.78, 5) is 12.9. The minimum atomic E-state index is -0.682. The maximum atomic E-state index is 12.9. The summed E-state index contributed by atoms with van der Waals surface area (Å²) < 4.78 is 2.08. The Balaban J connectivity index is 1.76. The van der Waals surface area contributed by atoms with Crippen LogP contribution in [0.4, 0.5) is 0 Å². The SMILES string of the molecule is Cc1ccc(C2(c3nnc4c(C(C)(C)C(=O)CCCC#N)cccn34)CCC2)cc1. The highest BCUT2D eigenvalue weighted by Gasteiger charge is 2.44. The lowest BCUT2D eigenvalue weighted by Gasteiger charge is -2.41. The number of aryl methyl sites for hydroxylation is 1. The Hall–Kier alpha value is -3.00. The maximum absolute atomic E-state index is 12.9. The van der Waals surface area contributed by atoms with Gasteiger partial charge in [0.25, 0.3) is 0 Å². The minimum absolute atomic E-state index is 0.118. The summed E-state index contributed by atoms with van der Waals surface area (Å²) in [6.45, 7) is 6.00. The van der Waals surface area contributed by atoms with Crippen LogP contribution in [0, 0.1) is 18.3 Å². The topological polar surface area (TPSA) is 71.0 Å². The molecule has 5 nitrogen and oxygen atoms in total. The maximum Gasteiger partial charge on any atom is 0.165 e. The molecule has 3 aromatic rings. The zero-order valence-electron chi connectivity index (χ0n) is 18.0. The lowest BCUT2D eigenvalue weighted by molar-refractivity contribution is -0.123. The smallest absolute Gasteiger partial charge is 0.165 e. The number of ketones is 1. The van der Waals surface area contributed by atoms with Gasteiger partial charge in [-0.15, -0.1) is 10.2 Å². The number of carbonyl (C=O) groups excluding carboxylic acids is 1. The fourth-order valence-corrected chi connectivity index (χ4v) is 4.57. The van der Waals surface area contributed by atoms with Gasteiger partial charge in [0.15, 0.2) is 5.65 Å². The van der Waals surface area contributed by atoms with Crippen molar-refractivity contribution in [1.82, 2.24) is 14.6 Å². The molecule has 2 aromatic heterocycles. The van der Waals surface area contributed by atoms with E-state index in [1.807, 2.05) is 32.2 Å². The highest BCUT2D eigenvalue weighted by atomic mass is 16.1. The zero-order chi connectivity index (χ0) is 21.4. The van der Waals surface area contributed by atoms with Crippen LogP contribution in [0.2, 0.25) is 0 Å². The van der Waals surface area contributed by atoms with Gasteiger partial charge in [-0.1, -0.05) is 42.3 Å². The van der Waals surface area contributed by atoms with E-state index in [4.69, 9.17) is 5.26 Å². The van der Waals surface area contributed by atoms with E-state index in [1.165, 1.54) is 17.5 Å². The highest BCUT2D eigenvalue weighted by Crippen LogP contribution is 2.48. The molecule has 4 rings (SSSR count). The molecule has 0 bridgehead atoms. The van der Waals surface area contributed by atoms with Crippen molar-refractivity contribution in [2.75, 3.05) is 0 Å². The first-order valence-electron chi connectivity index (χ1n) is 10.7. The largest absolute Gasteiger partial charge is 0.299 e. The van der Waals surface area contributed by atoms with E-state index in [0.717, 1.165) is 29.9 Å². The van der Waals surface area contributed by atoms with Gasteiger partial charge in [-0.05, 0) is 51.7 Å². The molecule has 0 saturated heterocycles. The number of nitriles is 1.